The second-order valence-corrected chi connectivity index (χ2v) is 5.80. The second kappa shape index (κ2) is 8.52. The van der Waals surface area contributed by atoms with Crippen LogP contribution in [-0.2, 0) is 4.79 Å². The molecule has 5 nitrogen and oxygen atoms in total. The molecule has 0 radical (unpaired) electrons. The Hall–Kier alpha value is -1.75. The van der Waals surface area contributed by atoms with Gasteiger partial charge in [0.15, 0.2) is 0 Å². The molecule has 0 saturated carbocycles. The van der Waals surface area contributed by atoms with Crippen molar-refractivity contribution in [3.63, 3.8) is 0 Å². The predicted molar refractivity (Wildman–Crippen MR) is 83.9 cm³/mol. The van der Waals surface area contributed by atoms with Crippen molar-refractivity contribution < 1.29 is 14.3 Å². The third-order valence-corrected chi connectivity index (χ3v) is 2.76. The van der Waals surface area contributed by atoms with E-state index < -0.39 is 0 Å². The highest BCUT2D eigenvalue weighted by Gasteiger charge is 2.09. The number of carbonyl (C=O) groups is 1. The van der Waals surface area contributed by atoms with E-state index in [9.17, 15) is 4.79 Å². The molecule has 0 heterocycles. The summed E-state index contributed by atoms with van der Waals surface area (Å²) in [6, 6.07) is 7.36. The topological polar surface area (TPSA) is 59.6 Å². The second-order valence-electron chi connectivity index (χ2n) is 5.80. The van der Waals surface area contributed by atoms with Crippen molar-refractivity contribution in [2.24, 2.45) is 0 Å². The highest BCUT2D eigenvalue weighted by atomic mass is 16.5. The lowest BCUT2D eigenvalue weighted by molar-refractivity contribution is -0.121. The van der Waals surface area contributed by atoms with Crippen molar-refractivity contribution in [2.75, 3.05) is 26.8 Å². The summed E-state index contributed by atoms with van der Waals surface area (Å²) >= 11 is 0. The fourth-order valence-electron chi connectivity index (χ4n) is 1.67. The number of amides is 1. The van der Waals surface area contributed by atoms with E-state index in [0.29, 0.717) is 26.1 Å². The molecule has 1 rings (SSSR count). The third-order valence-electron chi connectivity index (χ3n) is 2.76. The number of hydrogen-bond donors (Lipinski definition) is 2. The summed E-state index contributed by atoms with van der Waals surface area (Å²) in [7, 11) is 1.62. The number of nitrogens with one attached hydrogen (secondary N) is 2. The Morgan fingerprint density at radius 1 is 1.10 bits per heavy atom. The van der Waals surface area contributed by atoms with Crippen LogP contribution >= 0.6 is 0 Å². The quantitative estimate of drug-likeness (QED) is 0.720. The molecule has 2 N–H and O–H groups in total. The first-order valence-electron chi connectivity index (χ1n) is 7.19. The Morgan fingerprint density at radius 3 is 2.29 bits per heavy atom. The molecule has 0 spiro atoms. The summed E-state index contributed by atoms with van der Waals surface area (Å²) in [6.45, 7) is 7.86. The van der Waals surface area contributed by atoms with Crippen molar-refractivity contribution in [1.29, 1.82) is 0 Å². The number of methoxy groups -OCH3 is 1. The summed E-state index contributed by atoms with van der Waals surface area (Å²) in [5.41, 5.74) is 0.0394. The number of benzene rings is 1. The number of ether oxygens (including phenoxy) is 2. The lowest BCUT2D eigenvalue weighted by Crippen LogP contribution is -2.39. The molecule has 5 heteroatoms. The van der Waals surface area contributed by atoms with Crippen molar-refractivity contribution in [3.05, 3.63) is 24.3 Å². The van der Waals surface area contributed by atoms with Crippen molar-refractivity contribution in [1.82, 2.24) is 10.6 Å². The van der Waals surface area contributed by atoms with Crippen LogP contribution in [0.25, 0.3) is 0 Å². The van der Waals surface area contributed by atoms with Gasteiger partial charge in [0.25, 0.3) is 0 Å². The van der Waals surface area contributed by atoms with E-state index in [1.165, 1.54) is 0 Å². The van der Waals surface area contributed by atoms with Crippen LogP contribution < -0.4 is 20.1 Å². The minimum atomic E-state index is 0.0325. The van der Waals surface area contributed by atoms with E-state index in [0.717, 1.165) is 11.5 Å². The maximum absolute atomic E-state index is 11.6. The van der Waals surface area contributed by atoms with Crippen molar-refractivity contribution in [2.45, 2.75) is 32.7 Å². The normalized spacial score (nSPS) is 11.0. The van der Waals surface area contributed by atoms with Gasteiger partial charge in [0.2, 0.25) is 5.91 Å². The van der Waals surface area contributed by atoms with E-state index in [1.807, 2.05) is 24.3 Å². The first kappa shape index (κ1) is 17.3. The summed E-state index contributed by atoms with van der Waals surface area (Å²) in [4.78, 5) is 11.6. The molecule has 0 fully saturated rings. The van der Waals surface area contributed by atoms with Crippen LogP contribution in [0.3, 0.4) is 0 Å². The Bertz CT molecular complexity index is 424. The minimum Gasteiger partial charge on any atom is -0.497 e. The van der Waals surface area contributed by atoms with Gasteiger partial charge in [-0.2, -0.15) is 0 Å². The van der Waals surface area contributed by atoms with Gasteiger partial charge in [0.05, 0.1) is 13.7 Å². The first-order chi connectivity index (χ1) is 9.90. The molecule has 0 unspecified atom stereocenters. The van der Waals surface area contributed by atoms with Gasteiger partial charge < -0.3 is 20.1 Å². The molecular formula is C16H26N2O3. The number of rotatable bonds is 8. The van der Waals surface area contributed by atoms with Gasteiger partial charge in [0.1, 0.15) is 18.1 Å². The Kier molecular flexibility index (Phi) is 7.02. The number of hydrogen-bond acceptors (Lipinski definition) is 4. The molecule has 0 aromatic heterocycles. The van der Waals surface area contributed by atoms with Crippen LogP contribution in [0, 0.1) is 0 Å². The average Bonchev–Trinajstić information content (AvgIpc) is 2.43. The van der Waals surface area contributed by atoms with Crippen molar-refractivity contribution in [3.8, 4) is 11.5 Å². The molecular weight excluding hydrogens is 268 g/mol. The molecule has 21 heavy (non-hydrogen) atoms. The molecule has 0 aliphatic carbocycles. The van der Waals surface area contributed by atoms with E-state index in [-0.39, 0.29) is 11.4 Å². The van der Waals surface area contributed by atoms with Crippen molar-refractivity contribution >= 4 is 5.91 Å². The van der Waals surface area contributed by atoms with Gasteiger partial charge in [-0.3, -0.25) is 4.79 Å². The highest BCUT2D eigenvalue weighted by molar-refractivity contribution is 5.76. The van der Waals surface area contributed by atoms with E-state index in [2.05, 4.69) is 31.4 Å². The van der Waals surface area contributed by atoms with Gasteiger partial charge in [-0.15, -0.1) is 0 Å². The fraction of sp³-hybridized carbons (Fsp3) is 0.562. The van der Waals surface area contributed by atoms with Crippen LogP contribution in [0.1, 0.15) is 27.2 Å². The maximum atomic E-state index is 11.6. The lowest BCUT2D eigenvalue weighted by atomic mass is 10.1. The van der Waals surface area contributed by atoms with Crippen LogP contribution in [0.15, 0.2) is 24.3 Å². The SMILES string of the molecule is COc1ccc(OCCNC(=O)CCNC(C)(C)C)cc1. The van der Waals surface area contributed by atoms with Crippen LogP contribution in [0.2, 0.25) is 0 Å². The Morgan fingerprint density at radius 2 is 1.71 bits per heavy atom. The number of carbonyl (C=O) groups excluding carboxylic acids is 1. The summed E-state index contributed by atoms with van der Waals surface area (Å²) in [5, 5.41) is 6.11. The summed E-state index contributed by atoms with van der Waals surface area (Å²) in [6.07, 6.45) is 0.472. The Balaban J connectivity index is 2.11. The van der Waals surface area contributed by atoms with Gasteiger partial charge in [0, 0.05) is 18.5 Å². The highest BCUT2D eigenvalue weighted by Crippen LogP contribution is 2.16. The van der Waals surface area contributed by atoms with Gasteiger partial charge >= 0.3 is 0 Å². The van der Waals surface area contributed by atoms with Gasteiger partial charge in [-0.05, 0) is 45.0 Å². The van der Waals surface area contributed by atoms with Gasteiger partial charge in [-0.25, -0.2) is 0 Å². The molecule has 1 aromatic rings. The molecule has 118 valence electrons. The standard InChI is InChI=1S/C16H26N2O3/c1-16(2,3)18-10-9-15(19)17-11-12-21-14-7-5-13(20-4)6-8-14/h5-8,18H,9-12H2,1-4H3,(H,17,19). The van der Waals surface area contributed by atoms with Crippen LogP contribution in [0.5, 0.6) is 11.5 Å². The zero-order chi connectivity index (χ0) is 15.7. The predicted octanol–water partition coefficient (Wildman–Crippen LogP) is 1.97. The molecule has 0 bridgehead atoms. The minimum absolute atomic E-state index is 0.0325. The maximum Gasteiger partial charge on any atom is 0.221 e. The lowest BCUT2D eigenvalue weighted by Gasteiger charge is -2.20. The molecule has 1 aromatic carbocycles. The van der Waals surface area contributed by atoms with E-state index in [4.69, 9.17) is 9.47 Å². The summed E-state index contributed by atoms with van der Waals surface area (Å²) < 4.78 is 10.6. The average molecular weight is 294 g/mol. The molecule has 0 aliphatic heterocycles. The van der Waals surface area contributed by atoms with E-state index >= 15 is 0 Å². The third kappa shape index (κ3) is 8.19. The van der Waals surface area contributed by atoms with Gasteiger partial charge in [-0.1, -0.05) is 0 Å². The zero-order valence-corrected chi connectivity index (χ0v) is 13.4. The smallest absolute Gasteiger partial charge is 0.221 e. The fourth-order valence-corrected chi connectivity index (χ4v) is 1.67. The first-order valence-corrected chi connectivity index (χ1v) is 7.19. The molecule has 0 atom stereocenters. The molecule has 0 aliphatic rings. The molecule has 0 saturated heterocycles. The monoisotopic (exact) mass is 294 g/mol. The van der Waals surface area contributed by atoms with Crippen LogP contribution in [-0.4, -0.2) is 38.3 Å². The summed E-state index contributed by atoms with van der Waals surface area (Å²) in [5.74, 6) is 1.59. The molecule has 1 amide bonds. The van der Waals surface area contributed by atoms with Crippen LogP contribution in [0.4, 0.5) is 0 Å². The van der Waals surface area contributed by atoms with E-state index in [1.54, 1.807) is 7.11 Å². The largest absolute Gasteiger partial charge is 0.497 e. The zero-order valence-electron chi connectivity index (χ0n) is 13.4. The Labute approximate surface area is 127 Å².